The summed E-state index contributed by atoms with van der Waals surface area (Å²) in [5, 5.41) is 9.08. The fraction of sp³-hybridized carbons (Fsp3) is 0.345. The molecule has 0 bridgehead atoms. The van der Waals surface area contributed by atoms with E-state index in [1.807, 2.05) is 18.3 Å². The summed E-state index contributed by atoms with van der Waals surface area (Å²) >= 11 is 0. The van der Waals surface area contributed by atoms with Gasteiger partial charge >= 0.3 is 0 Å². The van der Waals surface area contributed by atoms with Crippen molar-refractivity contribution in [2.75, 3.05) is 11.4 Å². The molecular weight excluding hydrogens is 522 g/mol. The first-order valence-electron chi connectivity index (χ1n) is 13.0. The number of halogens is 2. The van der Waals surface area contributed by atoms with Crippen molar-refractivity contribution in [2.45, 2.75) is 61.9 Å². The van der Waals surface area contributed by atoms with Crippen molar-refractivity contribution in [3.8, 4) is 6.07 Å². The molecule has 39 heavy (non-hydrogen) atoms. The highest BCUT2D eigenvalue weighted by atomic mass is 32.2. The van der Waals surface area contributed by atoms with Crippen molar-refractivity contribution in [2.24, 2.45) is 0 Å². The Morgan fingerprint density at radius 2 is 1.79 bits per heavy atom. The average molecular weight is 551 g/mol. The van der Waals surface area contributed by atoms with Gasteiger partial charge in [-0.05, 0) is 61.1 Å². The number of hydrogen-bond acceptors (Lipinski definition) is 5. The second-order valence-electron chi connectivity index (χ2n) is 9.98. The molecule has 1 saturated carbocycles. The van der Waals surface area contributed by atoms with Gasteiger partial charge < -0.3 is 4.90 Å². The first-order chi connectivity index (χ1) is 18.8. The Morgan fingerprint density at radius 3 is 2.41 bits per heavy atom. The molecule has 1 amide bonds. The standard InChI is InChI=1S/C29H28F2N4O3S/c30-26-16-25(15-22(17-32)28(26)31)39(37,38)35-14-13-27(35)29(36)34(24-9-5-2-6-10-24)19-23-12-11-21(18-33-23)20-7-3-1-4-8-20/h2,5-6,9-12,15-16,18,20,27H,1,3-4,7-8,13-14,19H2/t27-/m1/s1. The van der Waals surface area contributed by atoms with E-state index < -0.39 is 44.1 Å². The SMILES string of the molecule is N#Cc1cc(S(=O)(=O)N2CC[C@@H]2C(=O)N(Cc2ccc(C3CCCCC3)cn2)c2ccccc2)cc(F)c1F. The molecule has 0 radical (unpaired) electrons. The molecule has 0 N–H and O–H groups in total. The Bertz CT molecular complexity index is 1500. The first-order valence-corrected chi connectivity index (χ1v) is 14.5. The zero-order valence-electron chi connectivity index (χ0n) is 21.3. The van der Waals surface area contributed by atoms with E-state index in [1.54, 1.807) is 24.3 Å². The normalized spacial score (nSPS) is 18.2. The van der Waals surface area contributed by atoms with Crippen LogP contribution in [0.15, 0.2) is 65.7 Å². The second kappa shape index (κ2) is 11.2. The number of amides is 1. The minimum absolute atomic E-state index is 0.0383. The van der Waals surface area contributed by atoms with Crippen LogP contribution in [-0.2, 0) is 21.4 Å². The summed E-state index contributed by atoms with van der Waals surface area (Å²) in [6, 6.07) is 14.7. The van der Waals surface area contributed by atoms with Crippen LogP contribution in [0.4, 0.5) is 14.5 Å². The van der Waals surface area contributed by atoms with E-state index in [-0.39, 0.29) is 19.5 Å². The number of nitrogens with zero attached hydrogens (tertiary/aromatic N) is 4. The maximum absolute atomic E-state index is 14.0. The Kier molecular flexibility index (Phi) is 7.73. The first kappa shape index (κ1) is 26.9. The summed E-state index contributed by atoms with van der Waals surface area (Å²) in [4.78, 5) is 19.3. The topological polar surface area (TPSA) is 94.4 Å². The van der Waals surface area contributed by atoms with Crippen LogP contribution in [0, 0.1) is 23.0 Å². The van der Waals surface area contributed by atoms with Crippen LogP contribution in [0.5, 0.6) is 0 Å². The number of sulfonamides is 1. The highest BCUT2D eigenvalue weighted by Crippen LogP contribution is 2.33. The maximum atomic E-state index is 14.0. The molecule has 2 aliphatic rings. The van der Waals surface area contributed by atoms with Crippen LogP contribution in [0.3, 0.4) is 0 Å². The quantitative estimate of drug-likeness (QED) is 0.399. The third-order valence-corrected chi connectivity index (χ3v) is 9.45. The van der Waals surface area contributed by atoms with Crippen molar-refractivity contribution < 1.29 is 22.0 Å². The van der Waals surface area contributed by atoms with Gasteiger partial charge in [-0.3, -0.25) is 9.78 Å². The molecule has 5 rings (SSSR count). The highest BCUT2D eigenvalue weighted by Gasteiger charge is 2.45. The lowest BCUT2D eigenvalue weighted by Gasteiger charge is -2.41. The number of aromatic nitrogens is 1. The number of rotatable bonds is 7. The van der Waals surface area contributed by atoms with E-state index in [0.717, 1.165) is 23.2 Å². The predicted octanol–water partition coefficient (Wildman–Crippen LogP) is 5.28. The number of carbonyl (C=O) groups is 1. The predicted molar refractivity (Wildman–Crippen MR) is 141 cm³/mol. The summed E-state index contributed by atoms with van der Waals surface area (Å²) < 4.78 is 55.5. The molecule has 3 aromatic rings. The van der Waals surface area contributed by atoms with Crippen LogP contribution in [-0.4, -0.2) is 36.2 Å². The van der Waals surface area contributed by atoms with Gasteiger partial charge in [0.2, 0.25) is 15.9 Å². The Morgan fingerprint density at radius 1 is 1.05 bits per heavy atom. The van der Waals surface area contributed by atoms with Gasteiger partial charge in [-0.1, -0.05) is 43.5 Å². The van der Waals surface area contributed by atoms with Crippen molar-refractivity contribution in [1.29, 1.82) is 5.26 Å². The molecule has 1 aliphatic heterocycles. The molecule has 2 heterocycles. The average Bonchev–Trinajstić information content (AvgIpc) is 2.93. The molecule has 1 aromatic heterocycles. The molecular formula is C29H28F2N4O3S. The van der Waals surface area contributed by atoms with Crippen LogP contribution >= 0.6 is 0 Å². The van der Waals surface area contributed by atoms with Gasteiger partial charge in [0, 0.05) is 18.4 Å². The van der Waals surface area contributed by atoms with Gasteiger partial charge in [-0.25, -0.2) is 17.2 Å². The lowest BCUT2D eigenvalue weighted by molar-refractivity contribution is -0.125. The van der Waals surface area contributed by atoms with Crippen LogP contribution in [0.25, 0.3) is 0 Å². The van der Waals surface area contributed by atoms with E-state index in [2.05, 4.69) is 11.1 Å². The van der Waals surface area contributed by atoms with E-state index >= 15 is 0 Å². The highest BCUT2D eigenvalue weighted by molar-refractivity contribution is 7.89. The Labute approximate surface area is 226 Å². The summed E-state index contributed by atoms with van der Waals surface area (Å²) in [7, 11) is -4.36. The largest absolute Gasteiger partial charge is 0.305 e. The number of nitriles is 1. The monoisotopic (exact) mass is 550 g/mol. The van der Waals surface area contributed by atoms with Crippen LogP contribution in [0.1, 0.15) is 61.3 Å². The smallest absolute Gasteiger partial charge is 0.245 e. The molecule has 1 atom stereocenters. The number of pyridine rings is 1. The van der Waals surface area contributed by atoms with E-state index in [9.17, 15) is 22.0 Å². The zero-order chi connectivity index (χ0) is 27.6. The van der Waals surface area contributed by atoms with Crippen molar-refractivity contribution in [3.63, 3.8) is 0 Å². The molecule has 1 aliphatic carbocycles. The lowest BCUT2D eigenvalue weighted by Crippen LogP contribution is -2.59. The zero-order valence-corrected chi connectivity index (χ0v) is 22.1. The molecule has 1 saturated heterocycles. The fourth-order valence-electron chi connectivity index (χ4n) is 5.28. The lowest BCUT2D eigenvalue weighted by atomic mass is 9.85. The van der Waals surface area contributed by atoms with Crippen LogP contribution < -0.4 is 4.90 Å². The number of para-hydroxylation sites is 1. The third kappa shape index (κ3) is 5.42. The fourth-order valence-corrected chi connectivity index (χ4v) is 6.95. The summed E-state index contributed by atoms with van der Waals surface area (Å²) in [6.07, 6.45) is 8.13. The van der Waals surface area contributed by atoms with Gasteiger partial charge in [0.15, 0.2) is 11.6 Å². The molecule has 0 unspecified atom stereocenters. The molecule has 0 spiro atoms. The summed E-state index contributed by atoms with van der Waals surface area (Å²) in [5.41, 5.74) is 1.73. The van der Waals surface area contributed by atoms with E-state index in [1.165, 1.54) is 35.8 Å². The van der Waals surface area contributed by atoms with E-state index in [4.69, 9.17) is 5.26 Å². The number of benzene rings is 2. The maximum Gasteiger partial charge on any atom is 0.245 e. The summed E-state index contributed by atoms with van der Waals surface area (Å²) in [6.45, 7) is 0.179. The van der Waals surface area contributed by atoms with Gasteiger partial charge in [0.25, 0.3) is 0 Å². The molecule has 2 fully saturated rings. The minimum Gasteiger partial charge on any atom is -0.305 e. The van der Waals surface area contributed by atoms with Crippen molar-refractivity contribution in [1.82, 2.24) is 9.29 Å². The van der Waals surface area contributed by atoms with Gasteiger partial charge in [-0.15, -0.1) is 0 Å². The molecule has 202 valence electrons. The van der Waals surface area contributed by atoms with Crippen molar-refractivity contribution in [3.05, 3.63) is 89.2 Å². The molecule has 10 heteroatoms. The molecule has 7 nitrogen and oxygen atoms in total. The minimum atomic E-state index is -4.36. The second-order valence-corrected chi connectivity index (χ2v) is 11.9. The Balaban J connectivity index is 1.40. The summed E-state index contributed by atoms with van der Waals surface area (Å²) in [5.74, 6) is -2.80. The number of carbonyl (C=O) groups excluding carboxylic acids is 1. The van der Waals surface area contributed by atoms with E-state index in [0.29, 0.717) is 23.4 Å². The number of hydrogen-bond donors (Lipinski definition) is 0. The molecule has 2 aromatic carbocycles. The van der Waals surface area contributed by atoms with Gasteiger partial charge in [0.1, 0.15) is 12.1 Å². The van der Waals surface area contributed by atoms with Crippen molar-refractivity contribution >= 4 is 21.6 Å². The number of anilines is 1. The third-order valence-electron chi connectivity index (χ3n) is 7.56. The Hall–Kier alpha value is -3.68. The van der Waals surface area contributed by atoms with Gasteiger partial charge in [-0.2, -0.15) is 9.57 Å². The van der Waals surface area contributed by atoms with Gasteiger partial charge in [0.05, 0.1) is 22.7 Å². The van der Waals surface area contributed by atoms with Crippen LogP contribution in [0.2, 0.25) is 0 Å².